The summed E-state index contributed by atoms with van der Waals surface area (Å²) in [6, 6.07) is 4.86. The maximum atomic E-state index is 13.0. The standard InChI is InChI=1S/C13H14F3NO4S/c1-3-9-22(18,19)21-17-12(13(14,15)16)10-5-7-11(8-6-10)20-4-2/h3,5-8H,1,4,9H2,2H3/b17-12+. The number of oxime groups is 1. The summed E-state index contributed by atoms with van der Waals surface area (Å²) >= 11 is 0. The molecule has 0 N–H and O–H groups in total. The van der Waals surface area contributed by atoms with Crippen LogP contribution in [0.1, 0.15) is 12.5 Å². The minimum absolute atomic E-state index is 0.343. The third-order valence-electron chi connectivity index (χ3n) is 2.27. The smallest absolute Gasteiger partial charge is 0.437 e. The summed E-state index contributed by atoms with van der Waals surface area (Å²) in [4.78, 5) is 0. The highest BCUT2D eigenvalue weighted by Crippen LogP contribution is 2.24. The second-order valence-electron chi connectivity index (χ2n) is 3.98. The van der Waals surface area contributed by atoms with Gasteiger partial charge in [-0.05, 0) is 31.2 Å². The molecule has 1 aromatic rings. The Kier molecular flexibility index (Phi) is 5.98. The molecule has 9 heteroatoms. The maximum Gasteiger partial charge on any atom is 0.437 e. The van der Waals surface area contributed by atoms with E-state index >= 15 is 0 Å². The Morgan fingerprint density at radius 2 is 1.91 bits per heavy atom. The highest BCUT2D eigenvalue weighted by Gasteiger charge is 2.38. The van der Waals surface area contributed by atoms with E-state index in [-0.39, 0.29) is 5.56 Å². The summed E-state index contributed by atoms with van der Waals surface area (Å²) in [5, 5.41) is 2.75. The predicted octanol–water partition coefficient (Wildman–Crippen LogP) is 2.88. The molecule has 0 aliphatic rings. The predicted molar refractivity (Wildman–Crippen MR) is 75.3 cm³/mol. The minimum Gasteiger partial charge on any atom is -0.494 e. The van der Waals surface area contributed by atoms with Gasteiger partial charge in [0.25, 0.3) is 0 Å². The average molecular weight is 337 g/mol. The molecular weight excluding hydrogens is 323 g/mol. The van der Waals surface area contributed by atoms with Crippen LogP contribution in [0.25, 0.3) is 0 Å². The molecule has 0 saturated carbocycles. The van der Waals surface area contributed by atoms with E-state index in [4.69, 9.17) is 4.74 Å². The number of halogens is 3. The molecule has 0 aliphatic heterocycles. The lowest BCUT2D eigenvalue weighted by atomic mass is 10.1. The zero-order valence-electron chi connectivity index (χ0n) is 11.6. The van der Waals surface area contributed by atoms with Gasteiger partial charge in [0.05, 0.1) is 6.61 Å². The van der Waals surface area contributed by atoms with E-state index in [1.807, 2.05) is 0 Å². The van der Waals surface area contributed by atoms with Crippen molar-refractivity contribution in [2.24, 2.45) is 5.16 Å². The normalized spacial score (nSPS) is 12.8. The molecule has 0 amide bonds. The van der Waals surface area contributed by atoms with Gasteiger partial charge in [0.1, 0.15) is 11.5 Å². The zero-order valence-corrected chi connectivity index (χ0v) is 12.4. The number of alkyl halides is 3. The molecule has 0 saturated heterocycles. The fraction of sp³-hybridized carbons (Fsp3) is 0.308. The summed E-state index contributed by atoms with van der Waals surface area (Å²) in [6.45, 7) is 5.26. The van der Waals surface area contributed by atoms with E-state index in [9.17, 15) is 21.6 Å². The van der Waals surface area contributed by atoms with E-state index in [0.717, 1.165) is 18.2 Å². The molecule has 22 heavy (non-hydrogen) atoms. The second kappa shape index (κ2) is 7.30. The average Bonchev–Trinajstić information content (AvgIpc) is 2.39. The fourth-order valence-electron chi connectivity index (χ4n) is 1.41. The van der Waals surface area contributed by atoms with Crippen molar-refractivity contribution in [2.45, 2.75) is 13.1 Å². The Balaban J connectivity index is 3.11. The molecule has 0 radical (unpaired) electrons. The third kappa shape index (κ3) is 5.40. The van der Waals surface area contributed by atoms with Gasteiger partial charge in [-0.1, -0.05) is 11.2 Å². The number of hydrogen-bond donors (Lipinski definition) is 0. The van der Waals surface area contributed by atoms with Crippen LogP contribution < -0.4 is 4.74 Å². The van der Waals surface area contributed by atoms with E-state index in [1.54, 1.807) is 6.92 Å². The highest BCUT2D eigenvalue weighted by molar-refractivity contribution is 7.86. The van der Waals surface area contributed by atoms with Gasteiger partial charge in [-0.2, -0.15) is 21.6 Å². The molecule has 1 rings (SSSR count). The topological polar surface area (TPSA) is 65.0 Å². The first-order valence-corrected chi connectivity index (χ1v) is 7.68. The van der Waals surface area contributed by atoms with Gasteiger partial charge in [0, 0.05) is 5.56 Å². The zero-order chi connectivity index (χ0) is 16.8. The summed E-state index contributed by atoms with van der Waals surface area (Å²) in [6.07, 6.45) is -3.90. The van der Waals surface area contributed by atoms with Gasteiger partial charge in [-0.15, -0.1) is 6.58 Å². The van der Waals surface area contributed by atoms with Crippen molar-refractivity contribution in [3.05, 3.63) is 42.5 Å². The van der Waals surface area contributed by atoms with Crippen LogP contribution in [0.4, 0.5) is 13.2 Å². The lowest BCUT2D eigenvalue weighted by Gasteiger charge is -2.11. The van der Waals surface area contributed by atoms with E-state index < -0.39 is 27.8 Å². The van der Waals surface area contributed by atoms with Crippen molar-refractivity contribution in [1.82, 2.24) is 0 Å². The van der Waals surface area contributed by atoms with Crippen LogP contribution in [0.3, 0.4) is 0 Å². The molecule has 0 fully saturated rings. The Morgan fingerprint density at radius 3 is 2.36 bits per heavy atom. The number of hydrogen-bond acceptors (Lipinski definition) is 5. The van der Waals surface area contributed by atoms with Crippen molar-refractivity contribution in [1.29, 1.82) is 0 Å². The summed E-state index contributed by atoms with van der Waals surface area (Å²) < 4.78 is 70.5. The monoisotopic (exact) mass is 337 g/mol. The summed E-state index contributed by atoms with van der Waals surface area (Å²) in [5.74, 6) is -0.266. The molecule has 1 aromatic carbocycles. The molecule has 0 heterocycles. The van der Waals surface area contributed by atoms with E-state index in [0.29, 0.717) is 12.4 Å². The molecule has 5 nitrogen and oxygen atoms in total. The molecule has 122 valence electrons. The van der Waals surface area contributed by atoms with Crippen LogP contribution in [0.2, 0.25) is 0 Å². The second-order valence-corrected chi connectivity index (χ2v) is 5.58. The van der Waals surface area contributed by atoms with E-state index in [2.05, 4.69) is 16.0 Å². The van der Waals surface area contributed by atoms with Crippen LogP contribution in [0, 0.1) is 0 Å². The van der Waals surface area contributed by atoms with Gasteiger partial charge in [0.2, 0.25) is 0 Å². The van der Waals surface area contributed by atoms with Crippen molar-refractivity contribution >= 4 is 15.8 Å². The molecule has 0 atom stereocenters. The SMILES string of the molecule is C=CCS(=O)(=O)O/N=C(\c1ccc(OCC)cc1)C(F)(F)F. The summed E-state index contributed by atoms with van der Waals surface area (Å²) in [7, 11) is -4.24. The van der Waals surface area contributed by atoms with Crippen molar-refractivity contribution in [2.75, 3.05) is 12.4 Å². The molecule has 0 aromatic heterocycles. The Hall–Kier alpha value is -2.03. The Bertz CT molecular complexity index is 636. The first-order chi connectivity index (χ1) is 10.2. The van der Waals surface area contributed by atoms with Crippen LogP contribution in [-0.4, -0.2) is 32.7 Å². The van der Waals surface area contributed by atoms with Gasteiger partial charge < -0.3 is 4.74 Å². The largest absolute Gasteiger partial charge is 0.494 e. The van der Waals surface area contributed by atoms with Crippen LogP contribution >= 0.6 is 0 Å². The first-order valence-electron chi connectivity index (χ1n) is 6.10. The fourth-order valence-corrected chi connectivity index (χ4v) is 1.95. The van der Waals surface area contributed by atoms with Crippen LogP contribution in [0.15, 0.2) is 42.1 Å². The van der Waals surface area contributed by atoms with Crippen LogP contribution in [0.5, 0.6) is 5.75 Å². The number of benzene rings is 1. The molecule has 0 spiro atoms. The highest BCUT2D eigenvalue weighted by atomic mass is 32.2. The van der Waals surface area contributed by atoms with Gasteiger partial charge >= 0.3 is 16.3 Å². The molecule has 0 aliphatic carbocycles. The number of rotatable bonds is 7. The Morgan fingerprint density at radius 1 is 1.32 bits per heavy atom. The summed E-state index contributed by atoms with van der Waals surface area (Å²) in [5.41, 5.74) is -1.80. The van der Waals surface area contributed by atoms with Gasteiger partial charge in [-0.3, -0.25) is 4.28 Å². The lowest BCUT2D eigenvalue weighted by molar-refractivity contribution is -0.0597. The maximum absolute atomic E-state index is 13.0. The molecular formula is C13H14F3NO4S. The first kappa shape index (κ1) is 18.0. The lowest BCUT2D eigenvalue weighted by Crippen LogP contribution is -2.25. The van der Waals surface area contributed by atoms with Crippen molar-refractivity contribution in [3.63, 3.8) is 0 Å². The Labute approximate surface area is 126 Å². The third-order valence-corrected chi connectivity index (χ3v) is 3.22. The molecule has 0 bridgehead atoms. The van der Waals surface area contributed by atoms with E-state index in [1.165, 1.54) is 12.1 Å². The quantitative estimate of drug-likeness (QED) is 0.436. The molecule has 0 unspecified atom stereocenters. The van der Waals surface area contributed by atoms with Crippen molar-refractivity contribution < 1.29 is 30.6 Å². The van der Waals surface area contributed by atoms with Crippen LogP contribution in [-0.2, 0) is 14.4 Å². The number of ether oxygens (including phenoxy) is 1. The minimum atomic E-state index is -4.88. The van der Waals surface area contributed by atoms with Gasteiger partial charge in [0.15, 0.2) is 5.71 Å². The van der Waals surface area contributed by atoms with Gasteiger partial charge in [-0.25, -0.2) is 0 Å². The number of nitrogens with zero attached hydrogens (tertiary/aromatic N) is 1. The van der Waals surface area contributed by atoms with Crippen molar-refractivity contribution in [3.8, 4) is 5.75 Å².